The molecule has 2 rings (SSSR count). The van der Waals surface area contributed by atoms with Crippen LogP contribution in [0.3, 0.4) is 0 Å². The molecule has 4 nitrogen and oxygen atoms in total. The molecule has 1 aliphatic carbocycles. The molecule has 0 saturated heterocycles. The van der Waals surface area contributed by atoms with Gasteiger partial charge >= 0.3 is 0 Å². The molecule has 0 aromatic heterocycles. The Bertz CT molecular complexity index is 543. The molecule has 0 bridgehead atoms. The molecular formula is C14H16N4S. The molecule has 0 radical (unpaired) electrons. The van der Waals surface area contributed by atoms with Crippen LogP contribution in [0.4, 0.5) is 0 Å². The first kappa shape index (κ1) is 13.6. The van der Waals surface area contributed by atoms with Gasteiger partial charge in [0.2, 0.25) is 0 Å². The standard InChI is InChI=1S/C14H16N4S/c1-2-5-14(9-16)12(19)18-11(17)10(8-15)13(14)6-3-4-7-13/h2H,1,3-7,17H2,(H,18,19)/t14-/m0/s1. The van der Waals surface area contributed by atoms with Crippen LogP contribution < -0.4 is 11.1 Å². The average Bonchev–Trinajstić information content (AvgIpc) is 2.85. The zero-order valence-corrected chi connectivity index (χ0v) is 11.5. The average molecular weight is 272 g/mol. The van der Waals surface area contributed by atoms with Crippen LogP contribution in [0.25, 0.3) is 0 Å². The van der Waals surface area contributed by atoms with E-state index in [1.165, 1.54) is 0 Å². The minimum atomic E-state index is -0.894. The summed E-state index contributed by atoms with van der Waals surface area (Å²) in [6, 6.07) is 4.57. The Kier molecular flexibility index (Phi) is 3.34. The summed E-state index contributed by atoms with van der Waals surface area (Å²) in [6.45, 7) is 3.74. The molecule has 5 heteroatoms. The molecule has 1 fully saturated rings. The Morgan fingerprint density at radius 3 is 2.53 bits per heavy atom. The Morgan fingerprint density at radius 1 is 1.42 bits per heavy atom. The summed E-state index contributed by atoms with van der Waals surface area (Å²) >= 11 is 5.39. The highest BCUT2D eigenvalue weighted by Gasteiger charge is 2.60. The Labute approximate surface area is 118 Å². The first-order valence-corrected chi connectivity index (χ1v) is 6.73. The van der Waals surface area contributed by atoms with Gasteiger partial charge in [-0.1, -0.05) is 31.1 Å². The third-order valence-electron chi connectivity index (χ3n) is 4.41. The smallest absolute Gasteiger partial charge is 0.121 e. The topological polar surface area (TPSA) is 85.6 Å². The van der Waals surface area contributed by atoms with E-state index in [-0.39, 0.29) is 0 Å². The van der Waals surface area contributed by atoms with Crippen LogP contribution in [-0.2, 0) is 0 Å². The van der Waals surface area contributed by atoms with Gasteiger partial charge in [-0.25, -0.2) is 0 Å². The summed E-state index contributed by atoms with van der Waals surface area (Å²) in [5, 5.41) is 22.1. The minimum Gasteiger partial charge on any atom is -0.384 e. The molecule has 0 aromatic carbocycles. The molecule has 1 heterocycles. The van der Waals surface area contributed by atoms with Gasteiger partial charge in [0, 0.05) is 5.41 Å². The fourth-order valence-electron chi connectivity index (χ4n) is 3.51. The lowest BCUT2D eigenvalue weighted by molar-refractivity contribution is 0.208. The van der Waals surface area contributed by atoms with E-state index in [2.05, 4.69) is 24.0 Å². The highest BCUT2D eigenvalue weighted by atomic mass is 32.1. The van der Waals surface area contributed by atoms with Crippen molar-refractivity contribution in [3.63, 3.8) is 0 Å². The number of nitrogens with one attached hydrogen (secondary N) is 1. The van der Waals surface area contributed by atoms with Crippen molar-refractivity contribution in [1.29, 1.82) is 10.5 Å². The number of thiocarbonyl (C=S) groups is 1. The van der Waals surface area contributed by atoms with Crippen LogP contribution in [-0.4, -0.2) is 4.99 Å². The van der Waals surface area contributed by atoms with E-state index >= 15 is 0 Å². The van der Waals surface area contributed by atoms with Crippen molar-refractivity contribution in [2.75, 3.05) is 0 Å². The maximum atomic E-state index is 9.77. The Balaban J connectivity index is 2.72. The summed E-state index contributed by atoms with van der Waals surface area (Å²) in [7, 11) is 0. The fraction of sp³-hybridized carbons (Fsp3) is 0.500. The number of allylic oxidation sites excluding steroid dienone is 2. The van der Waals surface area contributed by atoms with Crippen molar-refractivity contribution in [1.82, 2.24) is 5.32 Å². The second-order valence-electron chi connectivity index (χ2n) is 5.15. The molecule has 1 spiro atoms. The maximum absolute atomic E-state index is 9.77. The second kappa shape index (κ2) is 4.68. The molecule has 0 unspecified atom stereocenters. The molecule has 1 aliphatic heterocycles. The number of nitrogens with two attached hydrogens (primary N) is 1. The number of nitriles is 2. The molecule has 2 aliphatic rings. The number of hydrogen-bond acceptors (Lipinski definition) is 4. The molecule has 0 aromatic rings. The third-order valence-corrected chi connectivity index (χ3v) is 4.86. The van der Waals surface area contributed by atoms with Gasteiger partial charge in [-0.15, -0.1) is 6.58 Å². The molecule has 3 N–H and O–H groups in total. The molecule has 19 heavy (non-hydrogen) atoms. The van der Waals surface area contributed by atoms with Crippen LogP contribution in [0.2, 0.25) is 0 Å². The number of hydrogen-bond donors (Lipinski definition) is 2. The molecule has 98 valence electrons. The Morgan fingerprint density at radius 2 is 2.05 bits per heavy atom. The van der Waals surface area contributed by atoms with Gasteiger partial charge in [0.05, 0.1) is 17.7 Å². The lowest BCUT2D eigenvalue weighted by Gasteiger charge is -2.47. The third kappa shape index (κ3) is 1.59. The van der Waals surface area contributed by atoms with Crippen LogP contribution in [0.1, 0.15) is 32.1 Å². The summed E-state index contributed by atoms with van der Waals surface area (Å²) in [6.07, 6.45) is 5.67. The molecular weight excluding hydrogens is 256 g/mol. The van der Waals surface area contributed by atoms with Crippen LogP contribution >= 0.6 is 12.2 Å². The zero-order chi connectivity index (χ0) is 14.1. The largest absolute Gasteiger partial charge is 0.384 e. The first-order valence-electron chi connectivity index (χ1n) is 6.32. The van der Waals surface area contributed by atoms with E-state index < -0.39 is 10.8 Å². The van der Waals surface area contributed by atoms with Crippen LogP contribution in [0, 0.1) is 33.5 Å². The van der Waals surface area contributed by atoms with Gasteiger partial charge in [-0.3, -0.25) is 0 Å². The van der Waals surface area contributed by atoms with E-state index in [1.54, 1.807) is 6.08 Å². The van der Waals surface area contributed by atoms with Crippen molar-refractivity contribution in [2.45, 2.75) is 32.1 Å². The number of nitrogens with zero attached hydrogens (tertiary/aromatic N) is 2. The predicted octanol–water partition coefficient (Wildman–Crippen LogP) is 2.26. The monoisotopic (exact) mass is 272 g/mol. The van der Waals surface area contributed by atoms with E-state index in [0.29, 0.717) is 22.8 Å². The highest BCUT2D eigenvalue weighted by Crippen LogP contribution is 2.59. The highest BCUT2D eigenvalue weighted by molar-refractivity contribution is 7.80. The van der Waals surface area contributed by atoms with E-state index in [0.717, 1.165) is 25.7 Å². The molecule has 1 saturated carbocycles. The summed E-state index contributed by atoms with van der Waals surface area (Å²) < 4.78 is 0. The van der Waals surface area contributed by atoms with Crippen molar-refractivity contribution < 1.29 is 0 Å². The van der Waals surface area contributed by atoms with Gasteiger partial charge in [0.25, 0.3) is 0 Å². The normalized spacial score (nSPS) is 28.6. The van der Waals surface area contributed by atoms with Gasteiger partial charge in [0.15, 0.2) is 0 Å². The quantitative estimate of drug-likeness (QED) is 0.595. The van der Waals surface area contributed by atoms with Gasteiger partial charge < -0.3 is 11.1 Å². The van der Waals surface area contributed by atoms with Crippen molar-refractivity contribution in [3.8, 4) is 12.1 Å². The van der Waals surface area contributed by atoms with Crippen molar-refractivity contribution in [3.05, 3.63) is 24.0 Å². The van der Waals surface area contributed by atoms with Gasteiger partial charge in [-0.2, -0.15) is 10.5 Å². The van der Waals surface area contributed by atoms with E-state index in [9.17, 15) is 10.5 Å². The summed E-state index contributed by atoms with van der Waals surface area (Å²) in [5.74, 6) is 0.310. The van der Waals surface area contributed by atoms with Gasteiger partial charge in [0.1, 0.15) is 16.2 Å². The summed E-state index contributed by atoms with van der Waals surface area (Å²) in [5.41, 5.74) is 4.98. The Hall–Kier alpha value is -1.85. The second-order valence-corrected chi connectivity index (χ2v) is 5.56. The summed E-state index contributed by atoms with van der Waals surface area (Å²) in [4.78, 5) is 0.424. The van der Waals surface area contributed by atoms with E-state index in [1.807, 2.05) is 0 Å². The van der Waals surface area contributed by atoms with E-state index in [4.69, 9.17) is 18.0 Å². The first-order chi connectivity index (χ1) is 9.08. The van der Waals surface area contributed by atoms with Crippen LogP contribution in [0.5, 0.6) is 0 Å². The predicted molar refractivity (Wildman–Crippen MR) is 76.3 cm³/mol. The lowest BCUT2D eigenvalue weighted by atomic mass is 9.56. The maximum Gasteiger partial charge on any atom is 0.121 e. The SMILES string of the molecule is C=CC[C@]1(C#N)C(=S)NC(N)=C(C#N)C12CCCC2. The fourth-order valence-corrected chi connectivity index (χ4v) is 3.94. The molecule has 0 amide bonds. The number of rotatable bonds is 2. The zero-order valence-electron chi connectivity index (χ0n) is 10.7. The lowest BCUT2D eigenvalue weighted by Crippen LogP contribution is -2.56. The van der Waals surface area contributed by atoms with Crippen LogP contribution in [0.15, 0.2) is 24.0 Å². The van der Waals surface area contributed by atoms with Gasteiger partial charge in [-0.05, 0) is 19.3 Å². The molecule has 1 atom stereocenters. The minimum absolute atomic E-state index is 0.310. The van der Waals surface area contributed by atoms with Crippen molar-refractivity contribution in [2.24, 2.45) is 16.6 Å². The van der Waals surface area contributed by atoms with Crippen molar-refractivity contribution >= 4 is 17.2 Å².